The predicted molar refractivity (Wildman–Crippen MR) is 62.8 cm³/mol. The van der Waals surface area contributed by atoms with Crippen LogP contribution < -0.4 is 5.32 Å². The molecule has 2 nitrogen and oxygen atoms in total. The van der Waals surface area contributed by atoms with Gasteiger partial charge in [0.2, 0.25) is 0 Å². The fourth-order valence-electron chi connectivity index (χ4n) is 1.62. The number of halogens is 2. The van der Waals surface area contributed by atoms with Crippen LogP contribution in [0.4, 0.5) is 8.78 Å². The molecule has 0 fully saturated rings. The standard InChI is InChI=1S/C13H17F2NO/c1-4-16-13(2,3)12(17)8-9-10(14)6-5-7-11(9)15/h5-7,16H,4,8H2,1-3H3. The molecule has 0 heterocycles. The molecule has 0 aliphatic carbocycles. The summed E-state index contributed by atoms with van der Waals surface area (Å²) in [5.41, 5.74) is -0.938. The Labute approximate surface area is 100 Å². The maximum absolute atomic E-state index is 13.4. The Morgan fingerprint density at radius 2 is 1.82 bits per heavy atom. The number of likely N-dealkylation sites (N-methyl/N-ethyl adjacent to an activating group) is 1. The minimum absolute atomic E-state index is 0.163. The fourth-order valence-corrected chi connectivity index (χ4v) is 1.62. The monoisotopic (exact) mass is 241 g/mol. The lowest BCUT2D eigenvalue weighted by Gasteiger charge is -2.24. The molecule has 0 saturated heterocycles. The molecule has 0 aliphatic rings. The van der Waals surface area contributed by atoms with Gasteiger partial charge >= 0.3 is 0 Å². The highest BCUT2D eigenvalue weighted by Crippen LogP contribution is 2.16. The number of ketones is 1. The Hall–Kier alpha value is -1.29. The first-order chi connectivity index (χ1) is 7.88. The van der Waals surface area contributed by atoms with Gasteiger partial charge in [-0.05, 0) is 32.5 Å². The molecule has 17 heavy (non-hydrogen) atoms. The number of rotatable bonds is 5. The van der Waals surface area contributed by atoms with E-state index in [0.717, 1.165) is 12.1 Å². The highest BCUT2D eigenvalue weighted by atomic mass is 19.1. The van der Waals surface area contributed by atoms with Gasteiger partial charge in [-0.15, -0.1) is 0 Å². The summed E-state index contributed by atoms with van der Waals surface area (Å²) in [5.74, 6) is -1.58. The van der Waals surface area contributed by atoms with Gasteiger partial charge in [0.15, 0.2) is 5.78 Å². The normalized spacial score (nSPS) is 11.6. The van der Waals surface area contributed by atoms with Crippen LogP contribution in [0.15, 0.2) is 18.2 Å². The molecule has 0 atom stereocenters. The number of carbonyl (C=O) groups excluding carboxylic acids is 1. The average molecular weight is 241 g/mol. The summed E-state index contributed by atoms with van der Waals surface area (Å²) in [4.78, 5) is 11.9. The van der Waals surface area contributed by atoms with E-state index in [0.29, 0.717) is 6.54 Å². The summed E-state index contributed by atoms with van der Waals surface area (Å²) in [7, 11) is 0. The van der Waals surface area contributed by atoms with Crippen LogP contribution in [0.5, 0.6) is 0 Å². The summed E-state index contributed by atoms with van der Waals surface area (Å²) >= 11 is 0. The van der Waals surface area contributed by atoms with Gasteiger partial charge in [0.05, 0.1) is 5.54 Å². The second-order valence-corrected chi connectivity index (χ2v) is 4.46. The smallest absolute Gasteiger partial charge is 0.156 e. The Balaban J connectivity index is 2.88. The van der Waals surface area contributed by atoms with Crippen LogP contribution >= 0.6 is 0 Å². The van der Waals surface area contributed by atoms with E-state index in [1.165, 1.54) is 6.07 Å². The van der Waals surface area contributed by atoms with E-state index in [1.54, 1.807) is 13.8 Å². The molecule has 0 bridgehead atoms. The average Bonchev–Trinajstić information content (AvgIpc) is 2.23. The third-order valence-electron chi connectivity index (χ3n) is 2.71. The number of nitrogens with one attached hydrogen (secondary N) is 1. The minimum atomic E-state index is -0.774. The van der Waals surface area contributed by atoms with Gasteiger partial charge in [0, 0.05) is 12.0 Å². The largest absolute Gasteiger partial charge is 0.306 e. The molecule has 0 amide bonds. The second kappa shape index (κ2) is 5.36. The topological polar surface area (TPSA) is 29.1 Å². The Bertz CT molecular complexity index is 396. The zero-order valence-electron chi connectivity index (χ0n) is 10.3. The van der Waals surface area contributed by atoms with E-state index in [1.807, 2.05) is 6.92 Å². The van der Waals surface area contributed by atoms with Crippen LogP contribution in [-0.4, -0.2) is 17.9 Å². The predicted octanol–water partition coefficient (Wildman–Crippen LogP) is 2.46. The molecule has 0 spiro atoms. The third-order valence-corrected chi connectivity index (χ3v) is 2.71. The van der Waals surface area contributed by atoms with Crippen molar-refractivity contribution < 1.29 is 13.6 Å². The minimum Gasteiger partial charge on any atom is -0.306 e. The van der Waals surface area contributed by atoms with E-state index in [-0.39, 0.29) is 17.8 Å². The molecule has 1 aromatic carbocycles. The van der Waals surface area contributed by atoms with E-state index in [2.05, 4.69) is 5.32 Å². The molecule has 0 unspecified atom stereocenters. The van der Waals surface area contributed by atoms with Crippen LogP contribution in [-0.2, 0) is 11.2 Å². The van der Waals surface area contributed by atoms with Crippen LogP contribution in [0.2, 0.25) is 0 Å². The Kier molecular flexibility index (Phi) is 4.34. The Morgan fingerprint density at radius 1 is 1.29 bits per heavy atom. The van der Waals surface area contributed by atoms with E-state index in [4.69, 9.17) is 0 Å². The lowest BCUT2D eigenvalue weighted by molar-refractivity contribution is -0.123. The summed E-state index contributed by atoms with van der Waals surface area (Å²) in [6, 6.07) is 3.60. The van der Waals surface area contributed by atoms with E-state index in [9.17, 15) is 13.6 Å². The highest BCUT2D eigenvalue weighted by Gasteiger charge is 2.27. The first kappa shape index (κ1) is 13.8. The first-order valence-corrected chi connectivity index (χ1v) is 5.59. The molecule has 1 N–H and O–H groups in total. The number of hydrogen-bond donors (Lipinski definition) is 1. The molecule has 0 aliphatic heterocycles. The number of Topliss-reactive ketones (excluding diaryl/α,β-unsaturated/α-hetero) is 1. The maximum Gasteiger partial charge on any atom is 0.156 e. The van der Waals surface area contributed by atoms with Crippen molar-refractivity contribution in [2.45, 2.75) is 32.7 Å². The highest BCUT2D eigenvalue weighted by molar-refractivity contribution is 5.89. The molecular formula is C13H17F2NO. The number of benzene rings is 1. The van der Waals surface area contributed by atoms with Gasteiger partial charge in [0.25, 0.3) is 0 Å². The summed E-state index contributed by atoms with van der Waals surface area (Å²) in [6.45, 7) is 5.91. The summed E-state index contributed by atoms with van der Waals surface area (Å²) in [6.07, 6.45) is -0.238. The summed E-state index contributed by atoms with van der Waals surface area (Å²) in [5, 5.41) is 2.99. The molecule has 94 valence electrons. The van der Waals surface area contributed by atoms with Crippen molar-refractivity contribution in [3.8, 4) is 0 Å². The third kappa shape index (κ3) is 3.33. The van der Waals surface area contributed by atoms with Crippen molar-refractivity contribution in [2.75, 3.05) is 6.54 Å². The molecule has 0 saturated carbocycles. The SMILES string of the molecule is CCNC(C)(C)C(=O)Cc1c(F)cccc1F. The maximum atomic E-state index is 13.4. The van der Waals surface area contributed by atoms with Crippen molar-refractivity contribution >= 4 is 5.78 Å². The van der Waals surface area contributed by atoms with Gasteiger partial charge in [0.1, 0.15) is 11.6 Å². The van der Waals surface area contributed by atoms with E-state index >= 15 is 0 Å². The number of hydrogen-bond acceptors (Lipinski definition) is 2. The Morgan fingerprint density at radius 3 is 2.29 bits per heavy atom. The van der Waals surface area contributed by atoms with Crippen molar-refractivity contribution in [3.05, 3.63) is 35.4 Å². The molecule has 0 aromatic heterocycles. The molecule has 1 aromatic rings. The van der Waals surface area contributed by atoms with Crippen LogP contribution in [0.1, 0.15) is 26.3 Å². The quantitative estimate of drug-likeness (QED) is 0.858. The van der Waals surface area contributed by atoms with Crippen LogP contribution in [0.25, 0.3) is 0 Å². The van der Waals surface area contributed by atoms with Gasteiger partial charge in [-0.3, -0.25) is 4.79 Å². The van der Waals surface area contributed by atoms with Gasteiger partial charge in [-0.25, -0.2) is 8.78 Å². The van der Waals surface area contributed by atoms with Gasteiger partial charge in [-0.1, -0.05) is 13.0 Å². The van der Waals surface area contributed by atoms with E-state index < -0.39 is 17.2 Å². The first-order valence-electron chi connectivity index (χ1n) is 5.59. The van der Waals surface area contributed by atoms with Crippen LogP contribution in [0.3, 0.4) is 0 Å². The van der Waals surface area contributed by atoms with Crippen molar-refractivity contribution in [1.82, 2.24) is 5.32 Å². The molecular weight excluding hydrogens is 224 g/mol. The second-order valence-electron chi connectivity index (χ2n) is 4.46. The fraction of sp³-hybridized carbons (Fsp3) is 0.462. The number of carbonyl (C=O) groups is 1. The lowest BCUT2D eigenvalue weighted by Crippen LogP contribution is -2.47. The zero-order chi connectivity index (χ0) is 13.1. The molecule has 4 heteroatoms. The van der Waals surface area contributed by atoms with Crippen LogP contribution in [0, 0.1) is 11.6 Å². The van der Waals surface area contributed by atoms with Crippen molar-refractivity contribution in [1.29, 1.82) is 0 Å². The van der Waals surface area contributed by atoms with Crippen molar-refractivity contribution in [2.24, 2.45) is 0 Å². The molecule has 0 radical (unpaired) electrons. The van der Waals surface area contributed by atoms with Gasteiger partial charge < -0.3 is 5.32 Å². The van der Waals surface area contributed by atoms with Crippen molar-refractivity contribution in [3.63, 3.8) is 0 Å². The molecule has 1 rings (SSSR count). The zero-order valence-corrected chi connectivity index (χ0v) is 10.3. The van der Waals surface area contributed by atoms with Gasteiger partial charge in [-0.2, -0.15) is 0 Å². The summed E-state index contributed by atoms with van der Waals surface area (Å²) < 4.78 is 26.7. The lowest BCUT2D eigenvalue weighted by atomic mass is 9.93.